The van der Waals surface area contributed by atoms with Crippen molar-refractivity contribution in [2.24, 2.45) is 11.3 Å². The van der Waals surface area contributed by atoms with E-state index in [4.69, 9.17) is 4.74 Å². The van der Waals surface area contributed by atoms with Gasteiger partial charge in [-0.05, 0) is 37.0 Å². The molecule has 0 saturated heterocycles. The van der Waals surface area contributed by atoms with Crippen LogP contribution in [0.1, 0.15) is 32.1 Å². The normalized spacial score (nSPS) is 25.6. The number of hydrogen-bond acceptors (Lipinski definition) is 2. The third-order valence-corrected chi connectivity index (χ3v) is 3.82. The number of methoxy groups -OCH3 is 1. The predicted octanol–water partition coefficient (Wildman–Crippen LogP) is 1.80. The van der Waals surface area contributed by atoms with E-state index in [-0.39, 0.29) is 0 Å². The first kappa shape index (κ1) is 9.47. The first-order valence-corrected chi connectivity index (χ1v) is 5.57. The molecule has 76 valence electrons. The van der Waals surface area contributed by atoms with Crippen molar-refractivity contribution < 1.29 is 4.74 Å². The maximum Gasteiger partial charge on any atom is 0.0587 e. The highest BCUT2D eigenvalue weighted by atomic mass is 16.5. The van der Waals surface area contributed by atoms with Crippen molar-refractivity contribution in [2.45, 2.75) is 32.1 Å². The van der Waals surface area contributed by atoms with Crippen LogP contribution >= 0.6 is 0 Å². The van der Waals surface area contributed by atoms with E-state index >= 15 is 0 Å². The molecule has 0 atom stereocenters. The molecule has 0 aromatic heterocycles. The molecule has 2 saturated carbocycles. The summed E-state index contributed by atoms with van der Waals surface area (Å²) in [5, 5.41) is 3.51. The Morgan fingerprint density at radius 2 is 2.15 bits per heavy atom. The van der Waals surface area contributed by atoms with Crippen LogP contribution in [0.25, 0.3) is 0 Å². The molecule has 13 heavy (non-hydrogen) atoms. The molecule has 2 aliphatic carbocycles. The molecule has 0 radical (unpaired) electrons. The van der Waals surface area contributed by atoms with Crippen LogP contribution in [0, 0.1) is 11.3 Å². The van der Waals surface area contributed by atoms with E-state index in [0.717, 1.165) is 24.5 Å². The van der Waals surface area contributed by atoms with Crippen LogP contribution in [0.5, 0.6) is 0 Å². The molecule has 0 spiro atoms. The summed E-state index contributed by atoms with van der Waals surface area (Å²) in [4.78, 5) is 0. The first-order chi connectivity index (χ1) is 6.37. The molecule has 2 nitrogen and oxygen atoms in total. The molecule has 2 rings (SSSR count). The van der Waals surface area contributed by atoms with Gasteiger partial charge in [-0.3, -0.25) is 0 Å². The molecule has 0 aromatic carbocycles. The van der Waals surface area contributed by atoms with Crippen molar-refractivity contribution in [3.8, 4) is 0 Å². The molecular weight excluding hydrogens is 162 g/mol. The van der Waals surface area contributed by atoms with Crippen LogP contribution in [0.3, 0.4) is 0 Å². The zero-order chi connectivity index (χ0) is 9.15. The highest BCUT2D eigenvalue weighted by Gasteiger charge is 2.50. The Labute approximate surface area is 81.0 Å². The average Bonchev–Trinajstić information content (AvgIpc) is 2.77. The summed E-state index contributed by atoms with van der Waals surface area (Å²) in [6.45, 7) is 3.10. The summed E-state index contributed by atoms with van der Waals surface area (Å²) in [5.41, 5.74) is 0.728. The Balaban J connectivity index is 1.62. The van der Waals surface area contributed by atoms with Gasteiger partial charge in [0.25, 0.3) is 0 Å². The van der Waals surface area contributed by atoms with E-state index in [9.17, 15) is 0 Å². The molecule has 0 unspecified atom stereocenters. The number of rotatable bonds is 6. The molecule has 0 aromatic rings. The van der Waals surface area contributed by atoms with Crippen molar-refractivity contribution in [3.63, 3.8) is 0 Å². The molecule has 0 heterocycles. The van der Waals surface area contributed by atoms with Gasteiger partial charge in [-0.25, -0.2) is 0 Å². The van der Waals surface area contributed by atoms with E-state index in [2.05, 4.69) is 5.32 Å². The number of nitrogens with one attached hydrogen (secondary N) is 1. The van der Waals surface area contributed by atoms with Crippen LogP contribution in [-0.4, -0.2) is 26.8 Å². The van der Waals surface area contributed by atoms with Gasteiger partial charge in [-0.2, -0.15) is 0 Å². The molecular formula is C11H21NO. The lowest BCUT2D eigenvalue weighted by molar-refractivity contribution is 0.167. The smallest absolute Gasteiger partial charge is 0.0587 e. The van der Waals surface area contributed by atoms with Gasteiger partial charge >= 0.3 is 0 Å². The van der Waals surface area contributed by atoms with Gasteiger partial charge in [0.15, 0.2) is 0 Å². The zero-order valence-corrected chi connectivity index (χ0v) is 8.64. The Morgan fingerprint density at radius 1 is 1.38 bits per heavy atom. The molecule has 1 N–H and O–H groups in total. The minimum Gasteiger partial charge on any atom is -0.383 e. The third-order valence-electron chi connectivity index (χ3n) is 3.82. The lowest BCUT2D eigenvalue weighted by atomic mass is 9.73. The van der Waals surface area contributed by atoms with Crippen LogP contribution in [0.2, 0.25) is 0 Å². The maximum atomic E-state index is 5.02. The third kappa shape index (κ3) is 2.05. The summed E-state index contributed by atoms with van der Waals surface area (Å²) in [7, 11) is 1.76. The topological polar surface area (TPSA) is 21.3 Å². The predicted molar refractivity (Wildman–Crippen MR) is 53.8 cm³/mol. The Kier molecular flexibility index (Phi) is 2.89. The lowest BCUT2D eigenvalue weighted by Gasteiger charge is -2.34. The fraction of sp³-hybridized carbons (Fsp3) is 1.00. The molecule has 0 aliphatic heterocycles. The van der Waals surface area contributed by atoms with Crippen LogP contribution in [0.15, 0.2) is 0 Å². The summed E-state index contributed by atoms with van der Waals surface area (Å²) < 4.78 is 5.02. The summed E-state index contributed by atoms with van der Waals surface area (Å²) in [6, 6.07) is 0. The summed E-state index contributed by atoms with van der Waals surface area (Å²) in [5.74, 6) is 1.06. The van der Waals surface area contributed by atoms with Crippen molar-refractivity contribution in [1.29, 1.82) is 0 Å². The van der Waals surface area contributed by atoms with Gasteiger partial charge in [0.1, 0.15) is 0 Å². The highest BCUT2D eigenvalue weighted by molar-refractivity contribution is 5.02. The van der Waals surface area contributed by atoms with Gasteiger partial charge < -0.3 is 10.1 Å². The second kappa shape index (κ2) is 3.97. The standard InChI is InChI=1S/C11H21NO/c1-13-8-7-12-9-11(5-6-11)10-3-2-4-10/h10,12H,2-9H2,1H3. The summed E-state index contributed by atoms with van der Waals surface area (Å²) >= 11 is 0. The van der Waals surface area contributed by atoms with Gasteiger partial charge in [-0.15, -0.1) is 0 Å². The van der Waals surface area contributed by atoms with Crippen molar-refractivity contribution in [2.75, 3.05) is 26.8 Å². The fourth-order valence-electron chi connectivity index (χ4n) is 2.42. The molecule has 2 aliphatic rings. The average molecular weight is 183 g/mol. The van der Waals surface area contributed by atoms with Gasteiger partial charge in [0.2, 0.25) is 0 Å². The zero-order valence-electron chi connectivity index (χ0n) is 8.64. The van der Waals surface area contributed by atoms with E-state index < -0.39 is 0 Å². The van der Waals surface area contributed by atoms with Crippen molar-refractivity contribution in [1.82, 2.24) is 5.32 Å². The van der Waals surface area contributed by atoms with Crippen LogP contribution < -0.4 is 5.32 Å². The lowest BCUT2D eigenvalue weighted by Crippen LogP contribution is -2.34. The van der Waals surface area contributed by atoms with E-state index in [0.29, 0.717) is 0 Å². The monoisotopic (exact) mass is 183 g/mol. The van der Waals surface area contributed by atoms with Crippen LogP contribution in [0.4, 0.5) is 0 Å². The van der Waals surface area contributed by atoms with Crippen LogP contribution in [-0.2, 0) is 4.74 Å². The summed E-state index contributed by atoms with van der Waals surface area (Å²) in [6.07, 6.45) is 7.40. The van der Waals surface area contributed by atoms with E-state index in [1.165, 1.54) is 38.6 Å². The SMILES string of the molecule is COCCNCC1(C2CCC2)CC1. The first-order valence-electron chi connectivity index (χ1n) is 5.57. The number of ether oxygens (including phenoxy) is 1. The second-order valence-corrected chi connectivity index (χ2v) is 4.66. The minimum absolute atomic E-state index is 0.728. The van der Waals surface area contributed by atoms with E-state index in [1.54, 1.807) is 7.11 Å². The Morgan fingerprint density at radius 3 is 2.62 bits per heavy atom. The minimum atomic E-state index is 0.728. The van der Waals surface area contributed by atoms with Gasteiger partial charge in [-0.1, -0.05) is 6.42 Å². The Bertz CT molecular complexity index is 161. The highest BCUT2D eigenvalue weighted by Crippen LogP contribution is 2.58. The molecule has 2 heteroatoms. The Hall–Kier alpha value is -0.0800. The van der Waals surface area contributed by atoms with Gasteiger partial charge in [0.05, 0.1) is 6.61 Å². The van der Waals surface area contributed by atoms with E-state index in [1.807, 2.05) is 0 Å². The quantitative estimate of drug-likeness (QED) is 0.634. The second-order valence-electron chi connectivity index (χ2n) is 4.66. The molecule has 0 bridgehead atoms. The molecule has 0 amide bonds. The number of hydrogen-bond donors (Lipinski definition) is 1. The maximum absolute atomic E-state index is 5.02. The molecule has 2 fully saturated rings. The fourth-order valence-corrected chi connectivity index (χ4v) is 2.42. The van der Waals surface area contributed by atoms with Gasteiger partial charge in [0, 0.05) is 20.2 Å². The largest absolute Gasteiger partial charge is 0.383 e. The van der Waals surface area contributed by atoms with Crippen molar-refractivity contribution >= 4 is 0 Å². The van der Waals surface area contributed by atoms with Crippen molar-refractivity contribution in [3.05, 3.63) is 0 Å².